The molecule has 42 heavy (non-hydrogen) atoms. The van der Waals surface area contributed by atoms with E-state index in [0.29, 0.717) is 40.4 Å². The van der Waals surface area contributed by atoms with E-state index in [9.17, 15) is 18.6 Å². The van der Waals surface area contributed by atoms with Crippen LogP contribution in [0.3, 0.4) is 0 Å². The molecule has 5 heteroatoms. The molecule has 0 heterocycles. The predicted molar refractivity (Wildman–Crippen MR) is 176 cm³/mol. The van der Waals surface area contributed by atoms with Crippen molar-refractivity contribution in [1.82, 2.24) is 0 Å². The molecule has 4 aliphatic rings. The molecule has 2 N–H and O–H groups in total. The SMILES string of the molecule is CC.CC.CC(C)C(O)CC(CCC1CCC2C3CCC4CC(O)CCC4(C)C3CCC12C)S(=O)(=O)c1ccccc1. The van der Waals surface area contributed by atoms with E-state index >= 15 is 0 Å². The first kappa shape index (κ1) is 35.6. The van der Waals surface area contributed by atoms with E-state index in [1.165, 1.54) is 44.9 Å². The second kappa shape index (κ2) is 14.9. The van der Waals surface area contributed by atoms with Gasteiger partial charge in [0, 0.05) is 0 Å². The van der Waals surface area contributed by atoms with E-state index in [0.717, 1.165) is 37.0 Å². The molecule has 10 atom stereocenters. The maximum absolute atomic E-state index is 13.7. The van der Waals surface area contributed by atoms with Crippen molar-refractivity contribution in [2.24, 2.45) is 46.3 Å². The van der Waals surface area contributed by atoms with Crippen molar-refractivity contribution in [2.45, 2.75) is 155 Å². The maximum Gasteiger partial charge on any atom is 0.181 e. The fraction of sp³-hybridized carbons (Fsp3) is 0.838. The average molecular weight is 605 g/mol. The minimum absolute atomic E-state index is 0.0459. The third-order valence-electron chi connectivity index (χ3n) is 12.5. The highest BCUT2D eigenvalue weighted by Gasteiger charge is 2.60. The molecule has 242 valence electrons. The molecule has 1 aromatic carbocycles. The second-order valence-corrected chi connectivity index (χ2v) is 16.7. The van der Waals surface area contributed by atoms with Gasteiger partial charge < -0.3 is 10.2 Å². The Kier molecular flexibility index (Phi) is 12.6. The van der Waals surface area contributed by atoms with Crippen LogP contribution < -0.4 is 0 Å². The van der Waals surface area contributed by atoms with Gasteiger partial charge >= 0.3 is 0 Å². The van der Waals surface area contributed by atoms with E-state index in [-0.39, 0.29) is 12.0 Å². The van der Waals surface area contributed by atoms with Crippen molar-refractivity contribution in [3.63, 3.8) is 0 Å². The number of hydrogen-bond donors (Lipinski definition) is 2. The molecule has 0 bridgehead atoms. The van der Waals surface area contributed by atoms with Gasteiger partial charge in [-0.05, 0) is 136 Å². The predicted octanol–water partition coefficient (Wildman–Crippen LogP) is 9.09. The van der Waals surface area contributed by atoms with Crippen LogP contribution in [0.4, 0.5) is 0 Å². The molecule has 1 aromatic rings. The van der Waals surface area contributed by atoms with Gasteiger partial charge in [0.25, 0.3) is 0 Å². The standard InChI is InChI=1S/C33H52O4S.2C2H6/c1-22(2)31(35)21-27(38(36,37)26-8-6-5-7-9-26)13-10-23-12-15-29-28-14-11-24-20-25(34)16-18-33(24,4)30(28)17-19-32(23,29)3;2*1-2/h5-9,22-25,27-31,34-35H,10-21H2,1-4H3;2*1-2H3. The summed E-state index contributed by atoms with van der Waals surface area (Å²) in [5, 5.41) is 20.5. The topological polar surface area (TPSA) is 74.6 Å². The van der Waals surface area contributed by atoms with Crippen molar-refractivity contribution in [2.75, 3.05) is 0 Å². The van der Waals surface area contributed by atoms with Crippen molar-refractivity contribution in [3.05, 3.63) is 30.3 Å². The molecule has 10 unspecified atom stereocenters. The molecular weight excluding hydrogens is 540 g/mol. The van der Waals surface area contributed by atoms with Crippen LogP contribution in [0.15, 0.2) is 35.2 Å². The summed E-state index contributed by atoms with van der Waals surface area (Å²) in [4.78, 5) is 0.388. The van der Waals surface area contributed by atoms with Gasteiger partial charge in [0.05, 0.1) is 22.4 Å². The zero-order valence-corrected chi connectivity index (χ0v) is 29.0. The quantitative estimate of drug-likeness (QED) is 0.310. The monoisotopic (exact) mass is 604 g/mol. The highest BCUT2D eigenvalue weighted by molar-refractivity contribution is 7.92. The van der Waals surface area contributed by atoms with Gasteiger partial charge in [-0.1, -0.05) is 73.6 Å². The molecule has 0 spiro atoms. The number of sulfone groups is 1. The van der Waals surface area contributed by atoms with Crippen molar-refractivity contribution in [1.29, 1.82) is 0 Å². The molecule has 4 nitrogen and oxygen atoms in total. The first-order valence-corrected chi connectivity index (χ1v) is 19.2. The minimum atomic E-state index is -3.50. The largest absolute Gasteiger partial charge is 0.393 e. The summed E-state index contributed by atoms with van der Waals surface area (Å²) >= 11 is 0. The molecule has 4 fully saturated rings. The van der Waals surface area contributed by atoms with E-state index in [1.807, 2.05) is 47.6 Å². The third kappa shape index (κ3) is 6.99. The van der Waals surface area contributed by atoms with Gasteiger partial charge in [0.15, 0.2) is 9.84 Å². The average Bonchev–Trinajstić information content (AvgIpc) is 3.34. The van der Waals surface area contributed by atoms with Crippen LogP contribution >= 0.6 is 0 Å². The van der Waals surface area contributed by atoms with Gasteiger partial charge in [-0.25, -0.2) is 8.42 Å². The lowest BCUT2D eigenvalue weighted by molar-refractivity contribution is -0.127. The lowest BCUT2D eigenvalue weighted by Crippen LogP contribution is -2.53. The van der Waals surface area contributed by atoms with Crippen LogP contribution in [0.5, 0.6) is 0 Å². The van der Waals surface area contributed by atoms with Crippen LogP contribution in [-0.4, -0.2) is 36.1 Å². The first-order valence-electron chi connectivity index (χ1n) is 17.6. The fourth-order valence-electron chi connectivity index (χ4n) is 9.95. The summed E-state index contributed by atoms with van der Waals surface area (Å²) in [5.41, 5.74) is 0.694. The van der Waals surface area contributed by atoms with E-state index in [4.69, 9.17) is 0 Å². The molecule has 0 aromatic heterocycles. The summed E-state index contributed by atoms with van der Waals surface area (Å²) in [6, 6.07) is 8.87. The summed E-state index contributed by atoms with van der Waals surface area (Å²) in [6.45, 7) is 17.0. The molecule has 0 amide bonds. The third-order valence-corrected chi connectivity index (χ3v) is 14.7. The molecule has 0 aliphatic heterocycles. The normalized spacial score (nSPS) is 37.1. The Bertz CT molecular complexity index is 1050. The lowest BCUT2D eigenvalue weighted by atomic mass is 9.44. The molecule has 0 saturated heterocycles. The van der Waals surface area contributed by atoms with Crippen molar-refractivity contribution >= 4 is 9.84 Å². The number of fused-ring (bicyclic) bond motifs is 5. The highest BCUT2D eigenvalue weighted by atomic mass is 32.2. The number of aliphatic hydroxyl groups excluding tert-OH is 2. The zero-order chi connectivity index (χ0) is 31.3. The number of aliphatic hydroxyl groups is 2. The fourth-order valence-corrected chi connectivity index (χ4v) is 11.8. The van der Waals surface area contributed by atoms with Gasteiger partial charge in [0.2, 0.25) is 0 Å². The van der Waals surface area contributed by atoms with Crippen LogP contribution in [0.1, 0.15) is 132 Å². The highest BCUT2D eigenvalue weighted by Crippen LogP contribution is 2.68. The summed E-state index contributed by atoms with van der Waals surface area (Å²) in [5.74, 6) is 3.63. The Labute approximate surface area is 259 Å². The van der Waals surface area contributed by atoms with Gasteiger partial charge in [0.1, 0.15) is 0 Å². The molecule has 5 rings (SSSR count). The van der Waals surface area contributed by atoms with Gasteiger partial charge in [-0.2, -0.15) is 0 Å². The molecule has 4 saturated carbocycles. The lowest BCUT2D eigenvalue weighted by Gasteiger charge is -2.61. The number of rotatable bonds is 8. The number of hydrogen-bond acceptors (Lipinski definition) is 4. The van der Waals surface area contributed by atoms with Crippen molar-refractivity contribution in [3.8, 4) is 0 Å². The molecule has 0 radical (unpaired) electrons. The Balaban J connectivity index is 0.00000116. The molecular formula is C37H64O4S. The Morgan fingerprint density at radius 2 is 1.48 bits per heavy atom. The van der Waals surface area contributed by atoms with Gasteiger partial charge in [-0.3, -0.25) is 0 Å². The Morgan fingerprint density at radius 3 is 2.12 bits per heavy atom. The summed E-state index contributed by atoms with van der Waals surface area (Å²) in [6.07, 6.45) is 12.0. The zero-order valence-electron chi connectivity index (χ0n) is 28.2. The summed E-state index contributed by atoms with van der Waals surface area (Å²) < 4.78 is 27.4. The van der Waals surface area contributed by atoms with E-state index in [1.54, 1.807) is 24.3 Å². The van der Waals surface area contributed by atoms with Crippen molar-refractivity contribution < 1.29 is 18.6 Å². The number of benzene rings is 1. The van der Waals surface area contributed by atoms with Crippen LogP contribution in [0, 0.1) is 46.3 Å². The van der Waals surface area contributed by atoms with Crippen LogP contribution in [0.25, 0.3) is 0 Å². The van der Waals surface area contributed by atoms with Gasteiger partial charge in [-0.15, -0.1) is 0 Å². The Hall–Kier alpha value is -0.910. The summed E-state index contributed by atoms with van der Waals surface area (Å²) in [7, 11) is -3.50. The smallest absolute Gasteiger partial charge is 0.181 e. The van der Waals surface area contributed by atoms with Crippen LogP contribution in [0.2, 0.25) is 0 Å². The van der Waals surface area contributed by atoms with E-state index < -0.39 is 21.2 Å². The first-order chi connectivity index (χ1) is 20.0. The van der Waals surface area contributed by atoms with Crippen LogP contribution in [-0.2, 0) is 9.84 Å². The molecule has 4 aliphatic carbocycles. The van der Waals surface area contributed by atoms with E-state index in [2.05, 4.69) is 13.8 Å². The Morgan fingerprint density at radius 1 is 0.857 bits per heavy atom. The second-order valence-electron chi connectivity index (χ2n) is 14.5. The minimum Gasteiger partial charge on any atom is -0.393 e. The maximum atomic E-state index is 13.7.